The normalized spacial score (nSPS) is 14.7. The molecule has 0 aromatic carbocycles. The van der Waals surface area contributed by atoms with E-state index >= 15 is 0 Å². The third-order valence-corrected chi connectivity index (χ3v) is 2.75. The second kappa shape index (κ2) is 5.84. The molecule has 1 aliphatic rings. The van der Waals surface area contributed by atoms with E-state index in [1.807, 2.05) is 20.8 Å². The Morgan fingerprint density at radius 2 is 1.53 bits per heavy atom. The smallest absolute Gasteiger partial charge is 0.125 e. The first-order valence-electron chi connectivity index (χ1n) is 6.10. The number of nitrogens with zero attached hydrogens (tertiary/aromatic N) is 2. The molecule has 0 atom stereocenters. The van der Waals surface area contributed by atoms with Crippen LogP contribution in [-0.4, -0.2) is 9.97 Å². The van der Waals surface area contributed by atoms with Gasteiger partial charge in [-0.05, 0) is 45.1 Å². The van der Waals surface area contributed by atoms with Gasteiger partial charge in [0.1, 0.15) is 5.82 Å². The van der Waals surface area contributed by atoms with Crippen LogP contribution in [0.15, 0.2) is 0 Å². The van der Waals surface area contributed by atoms with Gasteiger partial charge in [0, 0.05) is 11.4 Å². The van der Waals surface area contributed by atoms with Gasteiger partial charge in [-0.25, -0.2) is 9.97 Å². The van der Waals surface area contributed by atoms with Crippen molar-refractivity contribution in [2.75, 3.05) is 0 Å². The van der Waals surface area contributed by atoms with Gasteiger partial charge in [0.05, 0.1) is 0 Å². The molecule has 0 saturated heterocycles. The van der Waals surface area contributed by atoms with Gasteiger partial charge in [0.25, 0.3) is 0 Å². The summed E-state index contributed by atoms with van der Waals surface area (Å²) in [6.45, 7) is 8.09. The standard InChI is InChI=1S/C11H16N2.C2H6/c1-8-10-6-4-3-5-7-11(10)13-9(2)12-8;1-2/h3-7H2,1-2H3;1-2H3. The molecule has 2 rings (SSSR count). The molecular weight excluding hydrogens is 184 g/mol. The number of hydrogen-bond donors (Lipinski definition) is 0. The van der Waals surface area contributed by atoms with Crippen molar-refractivity contribution in [2.24, 2.45) is 0 Å². The van der Waals surface area contributed by atoms with Crippen molar-refractivity contribution in [3.05, 3.63) is 22.8 Å². The maximum Gasteiger partial charge on any atom is 0.125 e. The molecule has 0 radical (unpaired) electrons. The first kappa shape index (κ1) is 12.2. The van der Waals surface area contributed by atoms with E-state index < -0.39 is 0 Å². The molecule has 0 amide bonds. The van der Waals surface area contributed by atoms with Crippen LogP contribution in [0.3, 0.4) is 0 Å². The molecule has 0 unspecified atom stereocenters. The number of fused-ring (bicyclic) bond motifs is 1. The summed E-state index contributed by atoms with van der Waals surface area (Å²) in [6, 6.07) is 0. The average molecular weight is 206 g/mol. The quantitative estimate of drug-likeness (QED) is 0.608. The van der Waals surface area contributed by atoms with Crippen molar-refractivity contribution in [2.45, 2.75) is 59.8 Å². The highest BCUT2D eigenvalue weighted by atomic mass is 14.9. The van der Waals surface area contributed by atoms with Gasteiger partial charge < -0.3 is 0 Å². The molecule has 2 nitrogen and oxygen atoms in total. The van der Waals surface area contributed by atoms with Crippen LogP contribution in [0.25, 0.3) is 0 Å². The molecule has 84 valence electrons. The third-order valence-electron chi connectivity index (χ3n) is 2.75. The Labute approximate surface area is 93.2 Å². The lowest BCUT2D eigenvalue weighted by Gasteiger charge is -2.08. The summed E-state index contributed by atoms with van der Waals surface area (Å²) in [5, 5.41) is 0. The van der Waals surface area contributed by atoms with Crippen molar-refractivity contribution in [3.63, 3.8) is 0 Å². The molecule has 0 N–H and O–H groups in total. The minimum Gasteiger partial charge on any atom is -0.238 e. The predicted octanol–water partition coefficient (Wildman–Crippen LogP) is 3.39. The zero-order chi connectivity index (χ0) is 11.3. The van der Waals surface area contributed by atoms with E-state index in [4.69, 9.17) is 0 Å². The van der Waals surface area contributed by atoms with Gasteiger partial charge in [-0.1, -0.05) is 20.3 Å². The maximum absolute atomic E-state index is 4.52. The van der Waals surface area contributed by atoms with Gasteiger partial charge in [0.15, 0.2) is 0 Å². The maximum atomic E-state index is 4.52. The van der Waals surface area contributed by atoms with E-state index in [0.29, 0.717) is 0 Å². The van der Waals surface area contributed by atoms with Crippen molar-refractivity contribution < 1.29 is 0 Å². The highest BCUT2D eigenvalue weighted by Gasteiger charge is 2.12. The lowest BCUT2D eigenvalue weighted by atomic mass is 10.1. The van der Waals surface area contributed by atoms with Crippen molar-refractivity contribution in [3.8, 4) is 0 Å². The van der Waals surface area contributed by atoms with Crippen LogP contribution >= 0.6 is 0 Å². The molecular formula is C13H22N2. The molecule has 1 heterocycles. The molecule has 1 aromatic rings. The summed E-state index contributed by atoms with van der Waals surface area (Å²) in [4.78, 5) is 8.94. The van der Waals surface area contributed by atoms with Gasteiger partial charge in [0.2, 0.25) is 0 Å². The first-order valence-corrected chi connectivity index (χ1v) is 6.10. The van der Waals surface area contributed by atoms with Crippen LogP contribution in [0.2, 0.25) is 0 Å². The zero-order valence-corrected chi connectivity index (χ0v) is 10.4. The lowest BCUT2D eigenvalue weighted by molar-refractivity contribution is 0.708. The zero-order valence-electron chi connectivity index (χ0n) is 10.4. The first-order chi connectivity index (χ1) is 7.27. The highest BCUT2D eigenvalue weighted by molar-refractivity contribution is 5.26. The Balaban J connectivity index is 0.000000531. The van der Waals surface area contributed by atoms with Gasteiger partial charge >= 0.3 is 0 Å². The summed E-state index contributed by atoms with van der Waals surface area (Å²) in [7, 11) is 0. The van der Waals surface area contributed by atoms with Crippen molar-refractivity contribution >= 4 is 0 Å². The van der Waals surface area contributed by atoms with Gasteiger partial charge in [-0.3, -0.25) is 0 Å². The Hall–Kier alpha value is -0.920. The fraction of sp³-hybridized carbons (Fsp3) is 0.692. The second-order valence-corrected chi connectivity index (χ2v) is 3.84. The average Bonchev–Trinajstić information content (AvgIpc) is 2.46. The van der Waals surface area contributed by atoms with E-state index in [1.54, 1.807) is 0 Å². The SMILES string of the molecule is CC.Cc1nc(C)c2c(n1)CCCCC2. The monoisotopic (exact) mass is 206 g/mol. The molecule has 15 heavy (non-hydrogen) atoms. The summed E-state index contributed by atoms with van der Waals surface area (Å²) in [5.41, 5.74) is 3.93. The summed E-state index contributed by atoms with van der Waals surface area (Å²) in [6.07, 6.45) is 6.28. The predicted molar refractivity (Wildman–Crippen MR) is 64.1 cm³/mol. The fourth-order valence-corrected chi connectivity index (χ4v) is 2.11. The number of rotatable bonds is 0. The molecule has 0 saturated carbocycles. The minimum atomic E-state index is 0.929. The van der Waals surface area contributed by atoms with Gasteiger partial charge in [-0.15, -0.1) is 0 Å². The van der Waals surface area contributed by atoms with E-state index in [2.05, 4.69) is 16.9 Å². The second-order valence-electron chi connectivity index (χ2n) is 3.84. The summed E-state index contributed by atoms with van der Waals surface area (Å²) in [5.74, 6) is 0.929. The summed E-state index contributed by atoms with van der Waals surface area (Å²) >= 11 is 0. The molecule has 0 aliphatic heterocycles. The van der Waals surface area contributed by atoms with Crippen LogP contribution in [0, 0.1) is 13.8 Å². The lowest BCUT2D eigenvalue weighted by Crippen LogP contribution is -2.03. The van der Waals surface area contributed by atoms with E-state index in [9.17, 15) is 0 Å². The van der Waals surface area contributed by atoms with E-state index in [1.165, 1.54) is 42.6 Å². The molecule has 1 aromatic heterocycles. The molecule has 0 spiro atoms. The third kappa shape index (κ3) is 3.01. The Morgan fingerprint density at radius 1 is 0.867 bits per heavy atom. The Bertz CT molecular complexity index is 319. The molecule has 0 bridgehead atoms. The van der Waals surface area contributed by atoms with Crippen molar-refractivity contribution in [1.29, 1.82) is 0 Å². The number of hydrogen-bond acceptors (Lipinski definition) is 2. The van der Waals surface area contributed by atoms with Gasteiger partial charge in [-0.2, -0.15) is 0 Å². The fourth-order valence-electron chi connectivity index (χ4n) is 2.11. The number of aromatic nitrogens is 2. The Kier molecular flexibility index (Phi) is 4.73. The van der Waals surface area contributed by atoms with Crippen LogP contribution < -0.4 is 0 Å². The van der Waals surface area contributed by atoms with Crippen LogP contribution in [-0.2, 0) is 12.8 Å². The highest BCUT2D eigenvalue weighted by Crippen LogP contribution is 2.20. The molecule has 2 heteroatoms. The van der Waals surface area contributed by atoms with Crippen LogP contribution in [0.1, 0.15) is 55.9 Å². The number of aryl methyl sites for hydroxylation is 3. The van der Waals surface area contributed by atoms with E-state index in [-0.39, 0.29) is 0 Å². The topological polar surface area (TPSA) is 25.8 Å². The molecule has 1 aliphatic carbocycles. The summed E-state index contributed by atoms with van der Waals surface area (Å²) < 4.78 is 0. The molecule has 0 fully saturated rings. The van der Waals surface area contributed by atoms with Crippen LogP contribution in [0.5, 0.6) is 0 Å². The largest absolute Gasteiger partial charge is 0.238 e. The minimum absolute atomic E-state index is 0.929. The Morgan fingerprint density at radius 3 is 2.27 bits per heavy atom. The van der Waals surface area contributed by atoms with Crippen LogP contribution in [0.4, 0.5) is 0 Å². The van der Waals surface area contributed by atoms with Crippen molar-refractivity contribution in [1.82, 2.24) is 9.97 Å². The van der Waals surface area contributed by atoms with E-state index in [0.717, 1.165) is 12.2 Å².